The largest absolute Gasteiger partial charge is 0.631 e. The molecule has 0 bridgehead atoms. The van der Waals surface area contributed by atoms with Gasteiger partial charge in [0.05, 0.1) is 26.4 Å². The summed E-state index contributed by atoms with van der Waals surface area (Å²) in [5, 5.41) is 37.7. The van der Waals surface area contributed by atoms with Gasteiger partial charge < -0.3 is 30.0 Å². The summed E-state index contributed by atoms with van der Waals surface area (Å²) in [5.74, 6) is 0. The summed E-state index contributed by atoms with van der Waals surface area (Å²) >= 11 is 0. The van der Waals surface area contributed by atoms with Gasteiger partial charge in [0.1, 0.15) is 0 Å². The second-order valence-corrected chi connectivity index (χ2v) is 2.11. The minimum atomic E-state index is -2.17. The molecule has 0 aromatic heterocycles. The summed E-state index contributed by atoms with van der Waals surface area (Å²) < 4.78 is 4.63. The fraction of sp³-hybridized carbons (Fsp3) is 1.00. The van der Waals surface area contributed by atoms with E-state index in [0.29, 0.717) is 13.2 Å². The van der Waals surface area contributed by atoms with Crippen LogP contribution in [0.4, 0.5) is 0 Å². The number of ether oxygens (including phenoxy) is 1. The molecule has 0 unspecified atom stereocenters. The lowest BCUT2D eigenvalue weighted by molar-refractivity contribution is 0.0650. The fourth-order valence-corrected chi connectivity index (χ4v) is 0.231. The van der Waals surface area contributed by atoms with Crippen molar-refractivity contribution >= 4 is 7.32 Å². The van der Waals surface area contributed by atoms with Gasteiger partial charge in [0.15, 0.2) is 0 Å². The Balaban J connectivity index is -0.000000147. The number of hydrogen-bond acceptors (Lipinski definition) is 6. The van der Waals surface area contributed by atoms with E-state index in [0.717, 1.165) is 0 Å². The first-order chi connectivity index (χ1) is 6.56. The molecule has 0 fully saturated rings. The van der Waals surface area contributed by atoms with Crippen molar-refractivity contribution in [1.29, 1.82) is 0 Å². The molecule has 0 spiro atoms. The van der Waals surface area contributed by atoms with Gasteiger partial charge in [-0.1, -0.05) is 20.3 Å². The minimum absolute atomic E-state index is 0.0278. The zero-order chi connectivity index (χ0) is 11.8. The molecule has 0 aliphatic rings. The Kier molecular flexibility index (Phi) is 31.9. The molecule has 88 valence electrons. The van der Waals surface area contributed by atoms with Crippen molar-refractivity contribution < 1.29 is 30.0 Å². The SMILES string of the molecule is CCC.OB(O)O.OCCOCCO. The van der Waals surface area contributed by atoms with Crippen molar-refractivity contribution in [2.45, 2.75) is 20.3 Å². The molecule has 0 aromatic rings. The zero-order valence-electron chi connectivity index (χ0n) is 8.76. The molecule has 0 amide bonds. The highest BCUT2D eigenvalue weighted by Gasteiger charge is 1.92. The van der Waals surface area contributed by atoms with Gasteiger partial charge >= 0.3 is 7.32 Å². The van der Waals surface area contributed by atoms with E-state index in [1.807, 2.05) is 0 Å². The normalized spacial score (nSPS) is 7.93. The van der Waals surface area contributed by atoms with Gasteiger partial charge in [-0.15, -0.1) is 0 Å². The van der Waals surface area contributed by atoms with E-state index in [9.17, 15) is 0 Å². The Labute approximate surface area is 85.0 Å². The van der Waals surface area contributed by atoms with Crippen molar-refractivity contribution in [1.82, 2.24) is 0 Å². The highest BCUT2D eigenvalue weighted by Crippen LogP contribution is 1.68. The lowest BCUT2D eigenvalue weighted by atomic mass is 10.3. The average molecular weight is 212 g/mol. The molecule has 0 radical (unpaired) electrons. The first-order valence-electron chi connectivity index (χ1n) is 4.40. The first-order valence-corrected chi connectivity index (χ1v) is 4.40. The molecule has 5 N–H and O–H groups in total. The van der Waals surface area contributed by atoms with Crippen LogP contribution in [0.15, 0.2) is 0 Å². The summed E-state index contributed by atoms with van der Waals surface area (Å²) in [6, 6.07) is 0. The van der Waals surface area contributed by atoms with Crippen LogP contribution in [0.25, 0.3) is 0 Å². The topological polar surface area (TPSA) is 110 Å². The number of rotatable bonds is 4. The molecule has 0 atom stereocenters. The monoisotopic (exact) mass is 212 g/mol. The van der Waals surface area contributed by atoms with Crippen LogP contribution in [0, 0.1) is 0 Å². The first kappa shape index (κ1) is 19.4. The van der Waals surface area contributed by atoms with Crippen molar-refractivity contribution in [3.8, 4) is 0 Å². The van der Waals surface area contributed by atoms with E-state index in [1.54, 1.807) is 0 Å². The number of aliphatic hydroxyl groups excluding tert-OH is 2. The van der Waals surface area contributed by atoms with Gasteiger partial charge in [0.2, 0.25) is 0 Å². The van der Waals surface area contributed by atoms with Crippen LogP contribution < -0.4 is 0 Å². The number of aliphatic hydroxyl groups is 2. The maximum Gasteiger partial charge on any atom is 0.631 e. The minimum Gasteiger partial charge on any atom is -0.402 e. The zero-order valence-corrected chi connectivity index (χ0v) is 8.76. The summed E-state index contributed by atoms with van der Waals surface area (Å²) in [4.78, 5) is 0. The maximum atomic E-state index is 8.09. The van der Waals surface area contributed by atoms with Crippen molar-refractivity contribution in [2.24, 2.45) is 0 Å². The Morgan fingerprint density at radius 1 is 0.929 bits per heavy atom. The molecule has 0 heterocycles. The van der Waals surface area contributed by atoms with Crippen LogP contribution in [0.1, 0.15) is 20.3 Å². The van der Waals surface area contributed by atoms with Gasteiger partial charge in [-0.3, -0.25) is 0 Å². The van der Waals surface area contributed by atoms with Crippen LogP contribution >= 0.6 is 0 Å². The average Bonchev–Trinajstić information content (AvgIpc) is 2.06. The van der Waals surface area contributed by atoms with Crippen LogP contribution in [0.2, 0.25) is 0 Å². The van der Waals surface area contributed by atoms with Crippen LogP contribution in [-0.4, -0.2) is 59.0 Å². The summed E-state index contributed by atoms with van der Waals surface area (Å²) in [6.45, 7) is 4.95. The third kappa shape index (κ3) is 94.7. The Hall–Kier alpha value is -0.175. The Morgan fingerprint density at radius 2 is 1.14 bits per heavy atom. The van der Waals surface area contributed by atoms with Crippen LogP contribution in [-0.2, 0) is 4.74 Å². The van der Waals surface area contributed by atoms with Gasteiger partial charge in [-0.25, -0.2) is 0 Å². The highest BCUT2D eigenvalue weighted by atomic mass is 16.5. The standard InChI is InChI=1S/C4H10O3.C3H8.BH3O3/c5-1-3-7-4-2-6;1-3-2;2-1(3)4/h5-6H,1-4H2;3H2,1-2H3;2-4H. The highest BCUT2D eigenvalue weighted by molar-refractivity contribution is 6.30. The van der Waals surface area contributed by atoms with E-state index in [-0.39, 0.29) is 13.2 Å². The predicted molar refractivity (Wildman–Crippen MR) is 53.4 cm³/mol. The summed E-state index contributed by atoms with van der Waals surface area (Å²) in [7, 11) is -2.17. The second kappa shape index (κ2) is 23.0. The summed E-state index contributed by atoms with van der Waals surface area (Å²) in [5.41, 5.74) is 0. The third-order valence-electron chi connectivity index (χ3n) is 0.471. The maximum absolute atomic E-state index is 8.09. The van der Waals surface area contributed by atoms with Gasteiger partial charge in [0, 0.05) is 0 Å². The molecule has 0 aromatic carbocycles. The predicted octanol–water partition coefficient (Wildman–Crippen LogP) is -1.65. The molecule has 0 aliphatic heterocycles. The van der Waals surface area contributed by atoms with Gasteiger partial charge in [-0.05, 0) is 0 Å². The molecule has 14 heavy (non-hydrogen) atoms. The fourth-order valence-electron chi connectivity index (χ4n) is 0.231. The van der Waals surface area contributed by atoms with Crippen molar-refractivity contribution in [3.63, 3.8) is 0 Å². The molecule has 0 aliphatic carbocycles. The quantitative estimate of drug-likeness (QED) is 0.282. The molecule has 6 nitrogen and oxygen atoms in total. The molecule has 7 heteroatoms. The number of hydrogen-bond donors (Lipinski definition) is 5. The Bertz CT molecular complexity index is 66.4. The van der Waals surface area contributed by atoms with Gasteiger partial charge in [0.25, 0.3) is 0 Å². The smallest absolute Gasteiger partial charge is 0.402 e. The summed E-state index contributed by atoms with van der Waals surface area (Å²) in [6.07, 6.45) is 1.25. The van der Waals surface area contributed by atoms with E-state index < -0.39 is 7.32 Å². The third-order valence-corrected chi connectivity index (χ3v) is 0.471. The second-order valence-electron chi connectivity index (χ2n) is 2.11. The van der Waals surface area contributed by atoms with Crippen molar-refractivity contribution in [3.05, 3.63) is 0 Å². The van der Waals surface area contributed by atoms with E-state index >= 15 is 0 Å². The molecular weight excluding hydrogens is 191 g/mol. The molecule has 0 saturated heterocycles. The lowest BCUT2D eigenvalue weighted by Gasteiger charge is -1.94. The molecule has 0 rings (SSSR count). The van der Waals surface area contributed by atoms with Crippen molar-refractivity contribution in [2.75, 3.05) is 26.4 Å². The van der Waals surface area contributed by atoms with E-state index in [2.05, 4.69) is 18.6 Å². The van der Waals surface area contributed by atoms with E-state index in [1.165, 1.54) is 6.42 Å². The lowest BCUT2D eigenvalue weighted by Crippen LogP contribution is -2.07. The molecule has 0 saturated carbocycles. The van der Waals surface area contributed by atoms with Crippen LogP contribution in [0.3, 0.4) is 0 Å². The molecular formula is C7H21BO6. The van der Waals surface area contributed by atoms with E-state index in [4.69, 9.17) is 25.3 Å². The van der Waals surface area contributed by atoms with Crippen LogP contribution in [0.5, 0.6) is 0 Å². The Morgan fingerprint density at radius 3 is 1.29 bits per heavy atom. The van der Waals surface area contributed by atoms with Gasteiger partial charge in [-0.2, -0.15) is 0 Å².